The summed E-state index contributed by atoms with van der Waals surface area (Å²) in [6, 6.07) is 12.4. The number of rotatable bonds is 1. The van der Waals surface area contributed by atoms with Gasteiger partial charge in [0.25, 0.3) is 0 Å². The number of nitrogen functional groups attached to an aromatic ring is 1. The maximum absolute atomic E-state index is 5.97. The van der Waals surface area contributed by atoms with E-state index in [0.29, 0.717) is 0 Å². The Labute approximate surface area is 119 Å². The third-order valence-corrected chi connectivity index (χ3v) is 4.32. The van der Waals surface area contributed by atoms with E-state index < -0.39 is 0 Å². The number of hydrogen-bond acceptors (Lipinski definition) is 4. The highest BCUT2D eigenvalue weighted by molar-refractivity contribution is 7.17. The number of nitrogens with zero attached hydrogens (tertiary/aromatic N) is 2. The third kappa shape index (κ3) is 1.73. The van der Waals surface area contributed by atoms with E-state index in [1.165, 1.54) is 0 Å². The van der Waals surface area contributed by atoms with Crippen molar-refractivity contribution < 1.29 is 0 Å². The zero-order valence-corrected chi connectivity index (χ0v) is 11.4. The lowest BCUT2D eigenvalue weighted by Crippen LogP contribution is -1.85. The molecule has 0 saturated heterocycles. The summed E-state index contributed by atoms with van der Waals surface area (Å²) in [7, 11) is 0. The summed E-state index contributed by atoms with van der Waals surface area (Å²) in [5.41, 5.74) is 9.98. The fourth-order valence-corrected chi connectivity index (χ4v) is 3.13. The smallest absolute Gasteiger partial charge is 0.125 e. The average molecular weight is 277 g/mol. The maximum atomic E-state index is 5.97. The normalized spacial score (nSPS) is 11.2. The first-order valence-electron chi connectivity index (χ1n) is 6.29. The van der Waals surface area contributed by atoms with Gasteiger partial charge in [-0.25, -0.2) is 4.98 Å². The van der Waals surface area contributed by atoms with E-state index in [2.05, 4.69) is 34.2 Å². The van der Waals surface area contributed by atoms with Crippen LogP contribution in [-0.4, -0.2) is 9.97 Å². The largest absolute Gasteiger partial charge is 0.398 e. The Bertz CT molecular complexity index is 927. The molecule has 0 bridgehead atoms. The van der Waals surface area contributed by atoms with Crippen LogP contribution >= 0.6 is 11.3 Å². The molecule has 0 atom stereocenters. The highest BCUT2D eigenvalue weighted by Gasteiger charge is 2.06. The Morgan fingerprint density at radius 3 is 2.90 bits per heavy atom. The summed E-state index contributed by atoms with van der Waals surface area (Å²) in [5, 5.41) is 4.09. The molecule has 0 spiro atoms. The fourth-order valence-electron chi connectivity index (χ4n) is 2.35. The molecule has 0 aliphatic rings. The van der Waals surface area contributed by atoms with Gasteiger partial charge in [-0.15, -0.1) is 11.3 Å². The van der Waals surface area contributed by atoms with Crippen LogP contribution in [-0.2, 0) is 0 Å². The Hall–Kier alpha value is -2.46. The van der Waals surface area contributed by atoms with Crippen molar-refractivity contribution in [3.63, 3.8) is 0 Å². The van der Waals surface area contributed by atoms with Crippen molar-refractivity contribution in [2.24, 2.45) is 0 Å². The van der Waals surface area contributed by atoms with Gasteiger partial charge in [0, 0.05) is 34.1 Å². The second-order valence-electron chi connectivity index (χ2n) is 4.68. The van der Waals surface area contributed by atoms with Crippen LogP contribution in [0.2, 0.25) is 0 Å². The number of thiophene rings is 1. The second kappa shape index (κ2) is 4.28. The molecule has 20 heavy (non-hydrogen) atoms. The van der Waals surface area contributed by atoms with Crippen LogP contribution in [0.4, 0.5) is 5.69 Å². The topological polar surface area (TPSA) is 51.8 Å². The standard InChI is InChI=1S/C16H11N3S/c17-14-9-20-16-13(14)7-12(8-19-16)10-3-4-15-11(6-10)2-1-5-18-15/h1-9H,17H2. The first kappa shape index (κ1) is 11.4. The molecule has 4 rings (SSSR count). The minimum absolute atomic E-state index is 0.793. The molecule has 0 aliphatic carbocycles. The molecule has 0 amide bonds. The number of anilines is 1. The van der Waals surface area contributed by atoms with Gasteiger partial charge < -0.3 is 5.73 Å². The van der Waals surface area contributed by atoms with Crippen LogP contribution < -0.4 is 5.73 Å². The van der Waals surface area contributed by atoms with Crippen LogP contribution in [0.15, 0.2) is 54.2 Å². The second-order valence-corrected chi connectivity index (χ2v) is 5.54. The van der Waals surface area contributed by atoms with Crippen molar-refractivity contribution in [1.82, 2.24) is 9.97 Å². The number of fused-ring (bicyclic) bond motifs is 2. The summed E-state index contributed by atoms with van der Waals surface area (Å²) in [4.78, 5) is 9.80. The zero-order chi connectivity index (χ0) is 13.5. The summed E-state index contributed by atoms with van der Waals surface area (Å²) < 4.78 is 0. The van der Waals surface area contributed by atoms with E-state index in [4.69, 9.17) is 5.73 Å². The van der Waals surface area contributed by atoms with Gasteiger partial charge in [-0.2, -0.15) is 0 Å². The molecular formula is C16H11N3S. The number of nitrogens with two attached hydrogens (primary N) is 1. The lowest BCUT2D eigenvalue weighted by Gasteiger charge is -2.04. The SMILES string of the molecule is Nc1csc2ncc(-c3ccc4ncccc4c3)cc12. The Balaban J connectivity index is 1.93. The van der Waals surface area contributed by atoms with Crippen molar-refractivity contribution >= 4 is 38.1 Å². The number of benzene rings is 1. The van der Waals surface area contributed by atoms with E-state index in [1.54, 1.807) is 11.3 Å². The van der Waals surface area contributed by atoms with E-state index in [1.807, 2.05) is 29.9 Å². The molecule has 1 aromatic carbocycles. The summed E-state index contributed by atoms with van der Waals surface area (Å²) in [6.07, 6.45) is 3.71. The molecule has 2 N–H and O–H groups in total. The van der Waals surface area contributed by atoms with Crippen LogP contribution in [0.25, 0.3) is 32.2 Å². The van der Waals surface area contributed by atoms with Gasteiger partial charge in [0.2, 0.25) is 0 Å². The molecule has 0 radical (unpaired) electrons. The zero-order valence-electron chi connectivity index (χ0n) is 10.6. The molecule has 0 aliphatic heterocycles. The lowest BCUT2D eigenvalue weighted by molar-refractivity contribution is 1.41. The van der Waals surface area contributed by atoms with Gasteiger partial charge in [0.1, 0.15) is 4.83 Å². The minimum atomic E-state index is 0.793. The maximum Gasteiger partial charge on any atom is 0.125 e. The van der Waals surface area contributed by atoms with Gasteiger partial charge in [-0.3, -0.25) is 4.98 Å². The average Bonchev–Trinajstić information content (AvgIpc) is 2.88. The Morgan fingerprint density at radius 1 is 1.00 bits per heavy atom. The molecule has 0 fully saturated rings. The van der Waals surface area contributed by atoms with Crippen molar-refractivity contribution in [3.05, 3.63) is 54.2 Å². The van der Waals surface area contributed by atoms with E-state index >= 15 is 0 Å². The summed E-state index contributed by atoms with van der Waals surface area (Å²) >= 11 is 1.57. The number of hydrogen-bond donors (Lipinski definition) is 1. The number of aromatic nitrogens is 2. The van der Waals surface area contributed by atoms with Crippen LogP contribution in [0.1, 0.15) is 0 Å². The van der Waals surface area contributed by atoms with Gasteiger partial charge >= 0.3 is 0 Å². The first-order chi connectivity index (χ1) is 9.81. The van der Waals surface area contributed by atoms with Crippen molar-refractivity contribution in [1.29, 1.82) is 0 Å². The van der Waals surface area contributed by atoms with E-state index in [0.717, 1.165) is 37.9 Å². The lowest BCUT2D eigenvalue weighted by atomic mass is 10.0. The van der Waals surface area contributed by atoms with E-state index in [9.17, 15) is 0 Å². The fraction of sp³-hybridized carbons (Fsp3) is 0. The van der Waals surface area contributed by atoms with Gasteiger partial charge in [0.15, 0.2) is 0 Å². The summed E-state index contributed by atoms with van der Waals surface area (Å²) in [5.74, 6) is 0. The molecule has 3 heterocycles. The predicted molar refractivity (Wildman–Crippen MR) is 84.8 cm³/mol. The van der Waals surface area contributed by atoms with E-state index in [-0.39, 0.29) is 0 Å². The Morgan fingerprint density at radius 2 is 1.95 bits per heavy atom. The molecule has 4 heteroatoms. The van der Waals surface area contributed by atoms with Crippen molar-refractivity contribution in [2.75, 3.05) is 5.73 Å². The minimum Gasteiger partial charge on any atom is -0.398 e. The van der Waals surface area contributed by atoms with Crippen LogP contribution in [0, 0.1) is 0 Å². The molecule has 3 aromatic heterocycles. The molecule has 96 valence electrons. The monoisotopic (exact) mass is 277 g/mol. The molecule has 0 unspecified atom stereocenters. The molecular weight excluding hydrogens is 266 g/mol. The quantitative estimate of drug-likeness (QED) is 0.570. The Kier molecular flexibility index (Phi) is 2.44. The van der Waals surface area contributed by atoms with Crippen LogP contribution in [0.3, 0.4) is 0 Å². The predicted octanol–water partition coefficient (Wildman–Crippen LogP) is 4.09. The highest BCUT2D eigenvalue weighted by Crippen LogP contribution is 2.31. The molecule has 0 saturated carbocycles. The first-order valence-corrected chi connectivity index (χ1v) is 7.17. The van der Waals surface area contributed by atoms with Crippen molar-refractivity contribution in [3.8, 4) is 11.1 Å². The van der Waals surface area contributed by atoms with Gasteiger partial charge in [-0.1, -0.05) is 12.1 Å². The number of pyridine rings is 2. The third-order valence-electron chi connectivity index (χ3n) is 3.40. The highest BCUT2D eigenvalue weighted by atomic mass is 32.1. The van der Waals surface area contributed by atoms with Gasteiger partial charge in [0.05, 0.1) is 11.2 Å². The van der Waals surface area contributed by atoms with Crippen LogP contribution in [0.5, 0.6) is 0 Å². The molecule has 3 nitrogen and oxygen atoms in total. The summed E-state index contributed by atoms with van der Waals surface area (Å²) in [6.45, 7) is 0. The molecule has 4 aromatic rings. The van der Waals surface area contributed by atoms with Crippen molar-refractivity contribution in [2.45, 2.75) is 0 Å². The van der Waals surface area contributed by atoms with Gasteiger partial charge in [-0.05, 0) is 29.8 Å².